The minimum absolute atomic E-state index is 0.257. The lowest BCUT2D eigenvalue weighted by atomic mass is 9.88. The van der Waals surface area contributed by atoms with Gasteiger partial charge in [0.15, 0.2) is 0 Å². The summed E-state index contributed by atoms with van der Waals surface area (Å²) in [6.07, 6.45) is -0.445. The topological polar surface area (TPSA) is 123 Å². The van der Waals surface area contributed by atoms with Crippen molar-refractivity contribution in [2.45, 2.75) is 64.3 Å². The zero-order chi connectivity index (χ0) is 13.6. The largest absolute Gasteiger partial charge is 0.358 e. The lowest BCUT2D eigenvalue weighted by Crippen LogP contribution is -2.59. The van der Waals surface area contributed by atoms with E-state index in [4.69, 9.17) is 32.4 Å². The molecule has 0 radical (unpaired) electrons. The van der Waals surface area contributed by atoms with Gasteiger partial charge in [-0.05, 0) is 40.7 Å². The van der Waals surface area contributed by atoms with Crippen LogP contribution in [0.3, 0.4) is 0 Å². The van der Waals surface area contributed by atoms with Crippen molar-refractivity contribution in [3.8, 4) is 0 Å². The molecule has 0 aliphatic carbocycles. The maximum atomic E-state index is 6.11. The SMILES string of the molecule is CC(N)OC(C)C(C)(OC(C)N)C(N)CCN. The van der Waals surface area contributed by atoms with E-state index in [2.05, 4.69) is 0 Å². The molecule has 0 heterocycles. The Kier molecular flexibility index (Phi) is 7.15. The van der Waals surface area contributed by atoms with E-state index in [0.717, 1.165) is 0 Å². The van der Waals surface area contributed by atoms with Gasteiger partial charge in [0.05, 0.1) is 6.10 Å². The van der Waals surface area contributed by atoms with Gasteiger partial charge in [0, 0.05) is 6.04 Å². The zero-order valence-electron chi connectivity index (χ0n) is 11.3. The molecule has 0 aromatic rings. The predicted octanol–water partition coefficient (Wildman–Crippen LogP) is -0.548. The second kappa shape index (κ2) is 7.25. The van der Waals surface area contributed by atoms with E-state index in [1.54, 1.807) is 13.8 Å². The molecule has 8 N–H and O–H groups in total. The molecule has 0 aromatic heterocycles. The molecule has 0 aliphatic heterocycles. The molecule has 17 heavy (non-hydrogen) atoms. The molecule has 0 aliphatic rings. The first-order valence-corrected chi connectivity index (χ1v) is 6.04. The first-order chi connectivity index (χ1) is 7.74. The van der Waals surface area contributed by atoms with Gasteiger partial charge in [-0.3, -0.25) is 0 Å². The maximum Gasteiger partial charge on any atom is 0.108 e. The number of nitrogens with two attached hydrogens (primary N) is 4. The van der Waals surface area contributed by atoms with E-state index >= 15 is 0 Å². The fraction of sp³-hybridized carbons (Fsp3) is 1.00. The Bertz CT molecular complexity index is 214. The average Bonchev–Trinajstić information content (AvgIpc) is 2.15. The van der Waals surface area contributed by atoms with Crippen molar-refractivity contribution in [2.24, 2.45) is 22.9 Å². The summed E-state index contributed by atoms with van der Waals surface area (Å²) in [5, 5.41) is 0. The van der Waals surface area contributed by atoms with E-state index in [-0.39, 0.29) is 18.4 Å². The Hall–Kier alpha value is -0.240. The normalized spacial score (nSPS) is 22.6. The lowest BCUT2D eigenvalue weighted by Gasteiger charge is -2.41. The van der Waals surface area contributed by atoms with Crippen molar-refractivity contribution in [3.05, 3.63) is 0 Å². The number of hydrogen-bond donors (Lipinski definition) is 4. The molecule has 0 bridgehead atoms. The van der Waals surface area contributed by atoms with E-state index in [1.807, 2.05) is 13.8 Å². The van der Waals surface area contributed by atoms with Crippen LogP contribution in [-0.4, -0.2) is 36.7 Å². The van der Waals surface area contributed by atoms with Crippen LogP contribution in [0.25, 0.3) is 0 Å². The molecule has 0 saturated carbocycles. The van der Waals surface area contributed by atoms with Gasteiger partial charge in [-0.15, -0.1) is 0 Å². The smallest absolute Gasteiger partial charge is 0.108 e. The maximum absolute atomic E-state index is 6.11. The quantitative estimate of drug-likeness (QED) is 0.428. The molecule has 6 nitrogen and oxygen atoms in total. The van der Waals surface area contributed by atoms with Crippen molar-refractivity contribution in [1.82, 2.24) is 0 Å². The van der Waals surface area contributed by atoms with Crippen molar-refractivity contribution in [3.63, 3.8) is 0 Å². The van der Waals surface area contributed by atoms with Crippen LogP contribution in [0, 0.1) is 0 Å². The number of rotatable bonds is 8. The van der Waals surface area contributed by atoms with E-state index in [9.17, 15) is 0 Å². The molecule has 0 spiro atoms. The van der Waals surface area contributed by atoms with Crippen LogP contribution in [-0.2, 0) is 9.47 Å². The Balaban J connectivity index is 4.81. The fourth-order valence-electron chi connectivity index (χ4n) is 1.81. The van der Waals surface area contributed by atoms with Gasteiger partial charge in [-0.2, -0.15) is 0 Å². The minimum atomic E-state index is -0.707. The second-order valence-electron chi connectivity index (χ2n) is 4.67. The first kappa shape index (κ1) is 16.8. The highest BCUT2D eigenvalue weighted by Crippen LogP contribution is 2.25. The van der Waals surface area contributed by atoms with Gasteiger partial charge in [0.2, 0.25) is 0 Å². The highest BCUT2D eigenvalue weighted by atomic mass is 16.6. The minimum Gasteiger partial charge on any atom is -0.358 e. The Labute approximate surface area is 104 Å². The van der Waals surface area contributed by atoms with Gasteiger partial charge < -0.3 is 32.4 Å². The van der Waals surface area contributed by atoms with Crippen molar-refractivity contribution >= 4 is 0 Å². The molecule has 0 amide bonds. The molecule has 0 aromatic carbocycles. The van der Waals surface area contributed by atoms with Crippen LogP contribution in [0.5, 0.6) is 0 Å². The average molecular weight is 248 g/mol. The van der Waals surface area contributed by atoms with Crippen LogP contribution in [0.15, 0.2) is 0 Å². The molecule has 0 rings (SSSR count). The van der Waals surface area contributed by atoms with E-state index in [0.29, 0.717) is 13.0 Å². The van der Waals surface area contributed by atoms with Crippen LogP contribution >= 0.6 is 0 Å². The monoisotopic (exact) mass is 248 g/mol. The number of hydrogen-bond acceptors (Lipinski definition) is 6. The third kappa shape index (κ3) is 5.29. The van der Waals surface area contributed by atoms with Gasteiger partial charge in [0.1, 0.15) is 18.1 Å². The van der Waals surface area contributed by atoms with Gasteiger partial charge in [-0.1, -0.05) is 0 Å². The molecule has 5 atom stereocenters. The van der Waals surface area contributed by atoms with Crippen molar-refractivity contribution in [1.29, 1.82) is 0 Å². The summed E-state index contributed by atoms with van der Waals surface area (Å²) >= 11 is 0. The summed E-state index contributed by atoms with van der Waals surface area (Å²) in [6.45, 7) is 7.76. The molecule has 5 unspecified atom stereocenters. The molecule has 104 valence electrons. The summed E-state index contributed by atoms with van der Waals surface area (Å²) in [5.74, 6) is 0. The zero-order valence-corrected chi connectivity index (χ0v) is 11.3. The molecular weight excluding hydrogens is 220 g/mol. The second-order valence-corrected chi connectivity index (χ2v) is 4.67. The Morgan fingerprint density at radius 2 is 1.59 bits per heavy atom. The van der Waals surface area contributed by atoms with Crippen LogP contribution in [0.1, 0.15) is 34.1 Å². The summed E-state index contributed by atoms with van der Waals surface area (Å²) in [7, 11) is 0. The Morgan fingerprint density at radius 1 is 1.06 bits per heavy atom. The van der Waals surface area contributed by atoms with Crippen LogP contribution in [0.2, 0.25) is 0 Å². The van der Waals surface area contributed by atoms with E-state index in [1.165, 1.54) is 0 Å². The standard InChI is InChI=1S/C11H28N4O2/c1-7(16-8(2)13)11(4,17-9(3)14)10(15)5-6-12/h7-10H,5-6,12-15H2,1-4H3. The number of ether oxygens (including phenoxy) is 2. The Morgan fingerprint density at radius 3 is 1.94 bits per heavy atom. The molecule has 6 heteroatoms. The highest BCUT2D eigenvalue weighted by molar-refractivity contribution is 4.93. The van der Waals surface area contributed by atoms with E-state index < -0.39 is 11.8 Å². The third-order valence-corrected chi connectivity index (χ3v) is 2.88. The summed E-state index contributed by atoms with van der Waals surface area (Å²) in [6, 6.07) is -0.257. The summed E-state index contributed by atoms with van der Waals surface area (Å²) in [5.41, 5.74) is 22.2. The summed E-state index contributed by atoms with van der Waals surface area (Å²) in [4.78, 5) is 0. The van der Waals surface area contributed by atoms with Crippen LogP contribution in [0.4, 0.5) is 0 Å². The lowest BCUT2D eigenvalue weighted by molar-refractivity contribution is -0.176. The van der Waals surface area contributed by atoms with Gasteiger partial charge in [-0.25, -0.2) is 0 Å². The summed E-state index contributed by atoms with van der Waals surface area (Å²) < 4.78 is 11.3. The fourth-order valence-corrected chi connectivity index (χ4v) is 1.81. The predicted molar refractivity (Wildman–Crippen MR) is 69.0 cm³/mol. The van der Waals surface area contributed by atoms with Crippen LogP contribution < -0.4 is 22.9 Å². The molecular formula is C11H28N4O2. The van der Waals surface area contributed by atoms with Gasteiger partial charge >= 0.3 is 0 Å². The first-order valence-electron chi connectivity index (χ1n) is 6.04. The molecule has 0 saturated heterocycles. The van der Waals surface area contributed by atoms with Crippen molar-refractivity contribution in [2.75, 3.05) is 6.54 Å². The van der Waals surface area contributed by atoms with Gasteiger partial charge in [0.25, 0.3) is 0 Å². The molecule has 0 fully saturated rings. The van der Waals surface area contributed by atoms with Crippen molar-refractivity contribution < 1.29 is 9.47 Å². The third-order valence-electron chi connectivity index (χ3n) is 2.88. The highest BCUT2D eigenvalue weighted by Gasteiger charge is 2.40.